The van der Waals surface area contributed by atoms with Crippen molar-refractivity contribution in [3.05, 3.63) is 59.3 Å². The molecule has 1 aromatic carbocycles. The smallest absolute Gasteiger partial charge is 0.133 e. The lowest BCUT2D eigenvalue weighted by Gasteiger charge is -2.29. The van der Waals surface area contributed by atoms with Crippen molar-refractivity contribution in [3.63, 3.8) is 0 Å². The molecule has 1 aliphatic heterocycles. The topological polar surface area (TPSA) is 37.4 Å². The molecule has 0 spiro atoms. The summed E-state index contributed by atoms with van der Waals surface area (Å²) in [6, 6.07) is 13.2. The Labute approximate surface area is 144 Å². The molecule has 1 aromatic heterocycles. The first kappa shape index (κ1) is 16.9. The monoisotopic (exact) mass is 325 g/mol. The van der Waals surface area contributed by atoms with E-state index in [1.165, 1.54) is 16.7 Å². The van der Waals surface area contributed by atoms with Gasteiger partial charge in [-0.05, 0) is 37.5 Å². The minimum Gasteiger partial charge on any atom is -0.378 e. The largest absolute Gasteiger partial charge is 0.378 e. The lowest BCUT2D eigenvalue weighted by atomic mass is 10.0. The van der Waals surface area contributed by atoms with Crippen LogP contribution in [0.5, 0.6) is 0 Å². The van der Waals surface area contributed by atoms with Crippen LogP contribution in [0.2, 0.25) is 0 Å². The maximum absolute atomic E-state index is 5.45. The maximum Gasteiger partial charge on any atom is 0.133 e. The fourth-order valence-corrected chi connectivity index (χ4v) is 3.15. The summed E-state index contributed by atoms with van der Waals surface area (Å²) in [5.74, 6) is 1.09. The molecule has 1 aliphatic rings. The van der Waals surface area contributed by atoms with Crippen LogP contribution in [-0.4, -0.2) is 37.3 Å². The molecule has 0 unspecified atom stereocenters. The summed E-state index contributed by atoms with van der Waals surface area (Å²) in [5, 5.41) is 3.66. The van der Waals surface area contributed by atoms with Gasteiger partial charge in [0.05, 0.1) is 13.2 Å². The Bertz CT molecular complexity index is 653. The van der Waals surface area contributed by atoms with Gasteiger partial charge in [0.25, 0.3) is 0 Å². The Kier molecular flexibility index (Phi) is 5.83. The molecule has 0 aliphatic carbocycles. The number of benzene rings is 1. The second kappa shape index (κ2) is 8.27. The molecule has 0 radical (unpaired) electrons. The average Bonchev–Trinajstić information content (AvgIpc) is 2.63. The van der Waals surface area contributed by atoms with Crippen LogP contribution in [0, 0.1) is 6.92 Å². The number of ether oxygens (including phenoxy) is 1. The molecule has 128 valence electrons. The second-order valence-corrected chi connectivity index (χ2v) is 6.50. The number of rotatable bonds is 6. The number of aromatic nitrogens is 1. The molecular weight excluding hydrogens is 298 g/mol. The van der Waals surface area contributed by atoms with E-state index in [9.17, 15) is 0 Å². The molecular formula is C20H27N3O. The highest BCUT2D eigenvalue weighted by Crippen LogP contribution is 2.18. The summed E-state index contributed by atoms with van der Waals surface area (Å²) in [6.07, 6.45) is 2.92. The molecule has 0 amide bonds. The normalized spacial score (nSPS) is 16.2. The van der Waals surface area contributed by atoms with E-state index in [1.807, 2.05) is 12.3 Å². The van der Waals surface area contributed by atoms with Gasteiger partial charge in [0, 0.05) is 37.4 Å². The van der Waals surface area contributed by atoms with E-state index in [2.05, 4.69) is 59.4 Å². The quantitative estimate of drug-likeness (QED) is 0.886. The van der Waals surface area contributed by atoms with Crippen LogP contribution < -0.4 is 10.2 Å². The fourth-order valence-electron chi connectivity index (χ4n) is 3.15. The summed E-state index contributed by atoms with van der Waals surface area (Å²) in [7, 11) is 0. The summed E-state index contributed by atoms with van der Waals surface area (Å²) >= 11 is 0. The third-order valence-electron chi connectivity index (χ3n) is 4.61. The van der Waals surface area contributed by atoms with Crippen LogP contribution in [0.15, 0.2) is 42.6 Å². The Hall–Kier alpha value is -1.91. The predicted molar refractivity (Wildman–Crippen MR) is 98.5 cm³/mol. The third-order valence-corrected chi connectivity index (χ3v) is 4.61. The lowest BCUT2D eigenvalue weighted by molar-refractivity contribution is 0.122. The van der Waals surface area contributed by atoms with Crippen molar-refractivity contribution >= 4 is 5.82 Å². The van der Waals surface area contributed by atoms with Gasteiger partial charge in [0.1, 0.15) is 5.82 Å². The minimum absolute atomic E-state index is 0.420. The van der Waals surface area contributed by atoms with Crippen LogP contribution in [0.25, 0.3) is 0 Å². The zero-order chi connectivity index (χ0) is 16.8. The standard InChI is InChI=1S/C20H27N3O/c1-16-6-3-4-7-18(16)14-17(2)22-15-19-8-5-9-21-20(19)23-10-12-24-13-11-23/h3-9,17,22H,10-15H2,1-2H3/t17-/m1/s1. The molecule has 4 nitrogen and oxygen atoms in total. The highest BCUT2D eigenvalue weighted by Gasteiger charge is 2.16. The lowest BCUT2D eigenvalue weighted by Crippen LogP contribution is -2.38. The van der Waals surface area contributed by atoms with Crippen molar-refractivity contribution in [3.8, 4) is 0 Å². The third kappa shape index (κ3) is 4.34. The van der Waals surface area contributed by atoms with Gasteiger partial charge in [-0.1, -0.05) is 30.3 Å². The number of nitrogens with one attached hydrogen (secondary N) is 1. The highest BCUT2D eigenvalue weighted by molar-refractivity contribution is 5.47. The second-order valence-electron chi connectivity index (χ2n) is 6.50. The SMILES string of the molecule is Cc1ccccc1C[C@@H](C)NCc1cccnc1N1CCOCC1. The van der Waals surface area contributed by atoms with Crippen LogP contribution in [0.3, 0.4) is 0 Å². The predicted octanol–water partition coefficient (Wildman–Crippen LogP) is 2.95. The van der Waals surface area contributed by atoms with E-state index in [0.29, 0.717) is 6.04 Å². The number of morpholine rings is 1. The van der Waals surface area contributed by atoms with E-state index in [4.69, 9.17) is 4.74 Å². The molecule has 1 atom stereocenters. The number of hydrogen-bond donors (Lipinski definition) is 1. The van der Waals surface area contributed by atoms with Crippen molar-refractivity contribution in [2.45, 2.75) is 32.9 Å². The van der Waals surface area contributed by atoms with Gasteiger partial charge in [-0.2, -0.15) is 0 Å². The molecule has 1 saturated heterocycles. The van der Waals surface area contributed by atoms with Crippen LogP contribution in [0.4, 0.5) is 5.82 Å². The summed E-state index contributed by atoms with van der Waals surface area (Å²) in [6.45, 7) is 8.68. The molecule has 24 heavy (non-hydrogen) atoms. The summed E-state index contributed by atoms with van der Waals surface area (Å²) in [4.78, 5) is 6.93. The van der Waals surface area contributed by atoms with Gasteiger partial charge in [-0.15, -0.1) is 0 Å². The first-order valence-electron chi connectivity index (χ1n) is 8.78. The Morgan fingerprint density at radius 1 is 1.12 bits per heavy atom. The zero-order valence-corrected chi connectivity index (χ0v) is 14.7. The van der Waals surface area contributed by atoms with Crippen molar-refractivity contribution < 1.29 is 4.74 Å². The molecule has 2 aromatic rings. The Morgan fingerprint density at radius 3 is 2.67 bits per heavy atom. The van der Waals surface area contributed by atoms with E-state index in [1.54, 1.807) is 0 Å². The van der Waals surface area contributed by atoms with E-state index >= 15 is 0 Å². The van der Waals surface area contributed by atoms with Crippen molar-refractivity contribution in [1.29, 1.82) is 0 Å². The Balaban J connectivity index is 1.61. The van der Waals surface area contributed by atoms with E-state index in [0.717, 1.165) is 45.1 Å². The maximum atomic E-state index is 5.45. The van der Waals surface area contributed by atoms with Crippen LogP contribution >= 0.6 is 0 Å². The van der Waals surface area contributed by atoms with Gasteiger partial charge >= 0.3 is 0 Å². The van der Waals surface area contributed by atoms with Crippen LogP contribution in [-0.2, 0) is 17.7 Å². The number of pyridine rings is 1. The first-order valence-corrected chi connectivity index (χ1v) is 8.78. The number of anilines is 1. The summed E-state index contributed by atoms with van der Waals surface area (Å²) in [5.41, 5.74) is 4.04. The molecule has 2 heterocycles. The molecule has 4 heteroatoms. The average molecular weight is 325 g/mol. The first-order chi connectivity index (χ1) is 11.7. The van der Waals surface area contributed by atoms with Crippen molar-refractivity contribution in [2.75, 3.05) is 31.2 Å². The van der Waals surface area contributed by atoms with Crippen molar-refractivity contribution in [1.82, 2.24) is 10.3 Å². The number of aryl methyl sites for hydroxylation is 1. The molecule has 0 saturated carbocycles. The molecule has 0 bridgehead atoms. The van der Waals surface area contributed by atoms with Gasteiger partial charge in [0.15, 0.2) is 0 Å². The Morgan fingerprint density at radius 2 is 1.88 bits per heavy atom. The van der Waals surface area contributed by atoms with Gasteiger partial charge < -0.3 is 15.0 Å². The minimum atomic E-state index is 0.420. The molecule has 1 fully saturated rings. The zero-order valence-electron chi connectivity index (χ0n) is 14.7. The fraction of sp³-hybridized carbons (Fsp3) is 0.450. The van der Waals surface area contributed by atoms with E-state index < -0.39 is 0 Å². The number of hydrogen-bond acceptors (Lipinski definition) is 4. The van der Waals surface area contributed by atoms with E-state index in [-0.39, 0.29) is 0 Å². The van der Waals surface area contributed by atoms with Gasteiger partial charge in [-0.25, -0.2) is 4.98 Å². The molecule has 3 rings (SSSR count). The molecule has 1 N–H and O–H groups in total. The van der Waals surface area contributed by atoms with Crippen LogP contribution in [0.1, 0.15) is 23.6 Å². The van der Waals surface area contributed by atoms with Gasteiger partial charge in [-0.3, -0.25) is 0 Å². The van der Waals surface area contributed by atoms with Gasteiger partial charge in [0.2, 0.25) is 0 Å². The highest BCUT2D eigenvalue weighted by atomic mass is 16.5. The van der Waals surface area contributed by atoms with Crippen molar-refractivity contribution in [2.24, 2.45) is 0 Å². The summed E-state index contributed by atoms with van der Waals surface area (Å²) < 4.78 is 5.45. The number of nitrogens with zero attached hydrogens (tertiary/aromatic N) is 2.